The molecule has 1 N–H and O–H groups in total. The highest BCUT2D eigenvalue weighted by molar-refractivity contribution is 5.29. The number of benzene rings is 1. The predicted octanol–water partition coefficient (Wildman–Crippen LogP) is 3.89. The first kappa shape index (κ1) is 12.6. The zero-order valence-electron chi connectivity index (χ0n) is 11.2. The van der Waals surface area contributed by atoms with Gasteiger partial charge < -0.3 is 5.11 Å². The van der Waals surface area contributed by atoms with Crippen molar-refractivity contribution in [3.8, 4) is 0 Å². The second-order valence-corrected chi connectivity index (χ2v) is 5.64. The first-order chi connectivity index (χ1) is 8.08. The van der Waals surface area contributed by atoms with Gasteiger partial charge in [0.2, 0.25) is 0 Å². The maximum absolute atomic E-state index is 11.0. The first-order valence-electron chi connectivity index (χ1n) is 6.89. The molecule has 1 heteroatoms. The molecule has 0 amide bonds. The van der Waals surface area contributed by atoms with Crippen LogP contribution in [-0.2, 0) is 12.0 Å². The van der Waals surface area contributed by atoms with Gasteiger partial charge in [-0.3, -0.25) is 0 Å². The van der Waals surface area contributed by atoms with Gasteiger partial charge in [-0.2, -0.15) is 0 Å². The standard InChI is InChI=1S/C16H24O/c1-4-14-8-5-9-15(11-14)16(17)10-6-7-12(2)13(16)3/h5,8-9,11-13,17H,4,6-7,10H2,1-3H3. The maximum Gasteiger partial charge on any atom is 0.0924 e. The van der Waals surface area contributed by atoms with Gasteiger partial charge in [0, 0.05) is 0 Å². The average molecular weight is 232 g/mol. The van der Waals surface area contributed by atoms with Crippen molar-refractivity contribution < 1.29 is 5.11 Å². The van der Waals surface area contributed by atoms with Gasteiger partial charge in [0.05, 0.1) is 5.60 Å². The summed E-state index contributed by atoms with van der Waals surface area (Å²) in [6.45, 7) is 6.62. The zero-order chi connectivity index (χ0) is 12.5. The molecule has 1 saturated carbocycles. The van der Waals surface area contributed by atoms with E-state index in [1.54, 1.807) is 0 Å². The lowest BCUT2D eigenvalue weighted by Gasteiger charge is -2.42. The lowest BCUT2D eigenvalue weighted by atomic mass is 9.67. The van der Waals surface area contributed by atoms with Crippen molar-refractivity contribution in [1.29, 1.82) is 0 Å². The first-order valence-corrected chi connectivity index (χ1v) is 6.89. The molecule has 0 aliphatic heterocycles. The van der Waals surface area contributed by atoms with Crippen molar-refractivity contribution in [1.82, 2.24) is 0 Å². The second kappa shape index (κ2) is 4.81. The minimum Gasteiger partial charge on any atom is -0.385 e. The molecule has 0 bridgehead atoms. The van der Waals surface area contributed by atoms with Crippen LogP contribution >= 0.6 is 0 Å². The zero-order valence-corrected chi connectivity index (χ0v) is 11.2. The molecule has 1 aliphatic rings. The lowest BCUT2D eigenvalue weighted by Crippen LogP contribution is -2.40. The molecule has 0 aromatic heterocycles. The molecular formula is C16H24O. The Hall–Kier alpha value is -0.820. The van der Waals surface area contributed by atoms with Crippen LogP contribution in [0.3, 0.4) is 0 Å². The van der Waals surface area contributed by atoms with E-state index in [0.29, 0.717) is 11.8 Å². The Morgan fingerprint density at radius 2 is 2.12 bits per heavy atom. The molecule has 1 aromatic rings. The summed E-state index contributed by atoms with van der Waals surface area (Å²) in [6.07, 6.45) is 4.33. The van der Waals surface area contributed by atoms with Crippen molar-refractivity contribution in [3.05, 3.63) is 35.4 Å². The third-order valence-electron chi connectivity index (χ3n) is 4.66. The Morgan fingerprint density at radius 3 is 2.82 bits per heavy atom. The summed E-state index contributed by atoms with van der Waals surface area (Å²) < 4.78 is 0. The van der Waals surface area contributed by atoms with Crippen molar-refractivity contribution >= 4 is 0 Å². The molecule has 2 rings (SSSR count). The molecule has 1 fully saturated rings. The number of aliphatic hydroxyl groups is 1. The molecule has 94 valence electrons. The molecule has 0 spiro atoms. The van der Waals surface area contributed by atoms with Crippen LogP contribution in [0.15, 0.2) is 24.3 Å². The van der Waals surface area contributed by atoms with Gasteiger partial charge in [-0.1, -0.05) is 51.5 Å². The molecule has 1 aliphatic carbocycles. The minimum absolute atomic E-state index is 0.350. The normalized spacial score (nSPS) is 33.6. The lowest BCUT2D eigenvalue weighted by molar-refractivity contribution is -0.0689. The molecule has 0 radical (unpaired) electrons. The molecule has 1 nitrogen and oxygen atoms in total. The third-order valence-corrected chi connectivity index (χ3v) is 4.66. The number of hydrogen-bond donors (Lipinski definition) is 1. The van der Waals surface area contributed by atoms with Gasteiger partial charge in [0.25, 0.3) is 0 Å². The highest BCUT2D eigenvalue weighted by Crippen LogP contribution is 2.44. The Morgan fingerprint density at radius 1 is 1.35 bits per heavy atom. The van der Waals surface area contributed by atoms with Crippen molar-refractivity contribution in [2.75, 3.05) is 0 Å². The molecule has 0 heterocycles. The third kappa shape index (κ3) is 2.26. The predicted molar refractivity (Wildman–Crippen MR) is 71.9 cm³/mol. The van der Waals surface area contributed by atoms with Crippen LogP contribution in [-0.4, -0.2) is 5.11 Å². The summed E-state index contributed by atoms with van der Waals surface area (Å²) in [5.41, 5.74) is 1.83. The molecule has 3 unspecified atom stereocenters. The van der Waals surface area contributed by atoms with Gasteiger partial charge in [0.15, 0.2) is 0 Å². The summed E-state index contributed by atoms with van der Waals surface area (Å²) in [7, 11) is 0. The van der Waals surface area contributed by atoms with E-state index in [9.17, 15) is 5.11 Å². The molecular weight excluding hydrogens is 208 g/mol. The fraction of sp³-hybridized carbons (Fsp3) is 0.625. The summed E-state index contributed by atoms with van der Waals surface area (Å²) >= 11 is 0. The Labute approximate surface area is 105 Å². The van der Waals surface area contributed by atoms with Crippen LogP contribution in [0.25, 0.3) is 0 Å². The summed E-state index contributed by atoms with van der Waals surface area (Å²) in [6, 6.07) is 8.50. The van der Waals surface area contributed by atoms with E-state index in [-0.39, 0.29) is 0 Å². The van der Waals surface area contributed by atoms with Crippen LogP contribution in [0.5, 0.6) is 0 Å². The van der Waals surface area contributed by atoms with Gasteiger partial charge >= 0.3 is 0 Å². The van der Waals surface area contributed by atoms with Crippen LogP contribution in [0.2, 0.25) is 0 Å². The maximum atomic E-state index is 11.0. The largest absolute Gasteiger partial charge is 0.385 e. The highest BCUT2D eigenvalue weighted by atomic mass is 16.3. The van der Waals surface area contributed by atoms with Gasteiger partial charge in [0.1, 0.15) is 0 Å². The number of rotatable bonds is 2. The smallest absolute Gasteiger partial charge is 0.0924 e. The van der Waals surface area contributed by atoms with E-state index in [2.05, 4.69) is 45.0 Å². The van der Waals surface area contributed by atoms with E-state index in [4.69, 9.17) is 0 Å². The van der Waals surface area contributed by atoms with Gasteiger partial charge in [-0.25, -0.2) is 0 Å². The fourth-order valence-electron chi connectivity index (χ4n) is 3.11. The van der Waals surface area contributed by atoms with Crippen molar-refractivity contribution in [2.45, 2.75) is 52.1 Å². The molecule has 1 aromatic carbocycles. The van der Waals surface area contributed by atoms with Crippen molar-refractivity contribution in [2.24, 2.45) is 11.8 Å². The SMILES string of the molecule is CCc1cccc(C2(O)CCCC(C)C2C)c1. The van der Waals surface area contributed by atoms with E-state index in [1.165, 1.54) is 12.0 Å². The van der Waals surface area contributed by atoms with E-state index in [1.807, 2.05) is 0 Å². The van der Waals surface area contributed by atoms with Crippen molar-refractivity contribution in [3.63, 3.8) is 0 Å². The summed E-state index contributed by atoms with van der Waals surface area (Å²) in [4.78, 5) is 0. The Bertz CT molecular complexity index is 385. The topological polar surface area (TPSA) is 20.2 Å². The summed E-state index contributed by atoms with van der Waals surface area (Å²) in [5, 5.41) is 11.0. The quantitative estimate of drug-likeness (QED) is 0.820. The number of aryl methyl sites for hydroxylation is 1. The van der Waals surface area contributed by atoms with Crippen LogP contribution in [0, 0.1) is 11.8 Å². The van der Waals surface area contributed by atoms with Gasteiger partial charge in [-0.15, -0.1) is 0 Å². The van der Waals surface area contributed by atoms with Gasteiger partial charge in [-0.05, 0) is 42.2 Å². The fourth-order valence-corrected chi connectivity index (χ4v) is 3.11. The number of hydrogen-bond acceptors (Lipinski definition) is 1. The van der Waals surface area contributed by atoms with Crippen LogP contribution in [0.1, 0.15) is 51.2 Å². The highest BCUT2D eigenvalue weighted by Gasteiger charge is 2.41. The minimum atomic E-state index is -0.608. The van der Waals surface area contributed by atoms with Crippen LogP contribution < -0.4 is 0 Å². The van der Waals surface area contributed by atoms with E-state index in [0.717, 1.165) is 24.8 Å². The monoisotopic (exact) mass is 232 g/mol. The van der Waals surface area contributed by atoms with E-state index >= 15 is 0 Å². The average Bonchev–Trinajstić information content (AvgIpc) is 2.36. The molecule has 17 heavy (non-hydrogen) atoms. The Kier molecular flexibility index (Phi) is 3.58. The second-order valence-electron chi connectivity index (χ2n) is 5.64. The van der Waals surface area contributed by atoms with Crippen LogP contribution in [0.4, 0.5) is 0 Å². The summed E-state index contributed by atoms with van der Waals surface area (Å²) in [5.74, 6) is 0.961. The molecule has 0 saturated heterocycles. The Balaban J connectivity index is 2.35. The van der Waals surface area contributed by atoms with E-state index < -0.39 is 5.60 Å². The molecule has 3 atom stereocenters.